The minimum Gasteiger partial charge on any atom is -0.454 e. The van der Waals surface area contributed by atoms with Crippen LogP contribution in [0, 0.1) is 0 Å². The van der Waals surface area contributed by atoms with E-state index in [0.717, 1.165) is 17.1 Å². The van der Waals surface area contributed by atoms with Crippen LogP contribution in [0.25, 0.3) is 0 Å². The molecule has 0 spiro atoms. The lowest BCUT2D eigenvalue weighted by atomic mass is 10.1. The molecule has 2 heterocycles. The first-order valence-electron chi connectivity index (χ1n) is 7.97. The quantitative estimate of drug-likeness (QED) is 0.910. The molecule has 0 aromatic heterocycles. The summed E-state index contributed by atoms with van der Waals surface area (Å²) in [4.78, 5) is 14.4. The van der Waals surface area contributed by atoms with Gasteiger partial charge >= 0.3 is 6.03 Å². The fourth-order valence-corrected chi connectivity index (χ4v) is 3.15. The molecule has 2 atom stereocenters. The predicted molar refractivity (Wildman–Crippen MR) is 85.7 cm³/mol. The second-order valence-corrected chi connectivity index (χ2v) is 6.85. The summed E-state index contributed by atoms with van der Waals surface area (Å²) in [5, 5.41) is 3.05. The molecule has 2 aliphatic rings. The third kappa shape index (κ3) is 3.52. The van der Waals surface area contributed by atoms with Crippen LogP contribution in [0.15, 0.2) is 18.2 Å². The lowest BCUT2D eigenvalue weighted by molar-refractivity contribution is -0.117. The summed E-state index contributed by atoms with van der Waals surface area (Å²) in [5.74, 6) is 1.47. The number of carbonyl (C=O) groups is 1. The number of hydrogen-bond acceptors (Lipinski definition) is 4. The minimum atomic E-state index is -0.322. The Kier molecular flexibility index (Phi) is 4.10. The minimum absolute atomic E-state index is 0.0327. The van der Waals surface area contributed by atoms with Crippen molar-refractivity contribution in [2.45, 2.75) is 45.4 Å². The second kappa shape index (κ2) is 5.92. The summed E-state index contributed by atoms with van der Waals surface area (Å²) < 4.78 is 16.5. The van der Waals surface area contributed by atoms with E-state index in [0.29, 0.717) is 13.1 Å². The van der Waals surface area contributed by atoms with E-state index in [-0.39, 0.29) is 30.6 Å². The van der Waals surface area contributed by atoms with Gasteiger partial charge in [-0.2, -0.15) is 0 Å². The third-order valence-corrected chi connectivity index (χ3v) is 4.09. The van der Waals surface area contributed by atoms with Gasteiger partial charge < -0.3 is 24.4 Å². The van der Waals surface area contributed by atoms with E-state index >= 15 is 0 Å². The van der Waals surface area contributed by atoms with Gasteiger partial charge in [0.25, 0.3) is 0 Å². The normalized spacial score (nSPS) is 23.5. The maximum Gasteiger partial charge on any atom is 0.318 e. The molecule has 1 fully saturated rings. The molecule has 2 aliphatic heterocycles. The molecule has 1 saturated heterocycles. The van der Waals surface area contributed by atoms with E-state index in [1.165, 1.54) is 0 Å². The van der Waals surface area contributed by atoms with Gasteiger partial charge in [0, 0.05) is 6.54 Å². The zero-order valence-electron chi connectivity index (χ0n) is 14.1. The molecule has 126 valence electrons. The van der Waals surface area contributed by atoms with Gasteiger partial charge in [0.05, 0.1) is 24.3 Å². The van der Waals surface area contributed by atoms with Gasteiger partial charge in [0.15, 0.2) is 11.5 Å². The smallest absolute Gasteiger partial charge is 0.318 e. The van der Waals surface area contributed by atoms with E-state index in [2.05, 4.69) is 5.32 Å². The monoisotopic (exact) mass is 320 g/mol. The number of nitrogens with one attached hydrogen (secondary N) is 1. The summed E-state index contributed by atoms with van der Waals surface area (Å²) in [5.41, 5.74) is 0.667. The lowest BCUT2D eigenvalue weighted by Crippen LogP contribution is -2.56. The highest BCUT2D eigenvalue weighted by atomic mass is 16.7. The number of hydrogen-bond donors (Lipinski definition) is 1. The standard InChI is InChI=1S/C17H24N2O4/c1-11-8-19(9-17(3,4)23-11)16(20)18-12(2)13-5-6-14-15(7-13)22-10-21-14/h5-7,11-12H,8-10H2,1-4H3,(H,18,20). The first-order valence-corrected chi connectivity index (χ1v) is 7.97. The van der Waals surface area contributed by atoms with E-state index in [4.69, 9.17) is 14.2 Å². The molecule has 2 amide bonds. The van der Waals surface area contributed by atoms with E-state index in [9.17, 15) is 4.79 Å². The molecular weight excluding hydrogens is 296 g/mol. The molecule has 1 aromatic rings. The van der Waals surface area contributed by atoms with Crippen LogP contribution in [0.2, 0.25) is 0 Å². The Morgan fingerprint density at radius 1 is 1.35 bits per heavy atom. The van der Waals surface area contributed by atoms with Crippen LogP contribution in [0.1, 0.15) is 39.3 Å². The number of benzene rings is 1. The Morgan fingerprint density at radius 2 is 2.09 bits per heavy atom. The number of rotatable bonds is 2. The van der Waals surface area contributed by atoms with Crippen molar-refractivity contribution in [3.8, 4) is 11.5 Å². The van der Waals surface area contributed by atoms with Crippen molar-refractivity contribution in [1.82, 2.24) is 10.2 Å². The van der Waals surface area contributed by atoms with Crippen LogP contribution < -0.4 is 14.8 Å². The van der Waals surface area contributed by atoms with Crippen molar-refractivity contribution in [2.24, 2.45) is 0 Å². The maximum atomic E-state index is 12.6. The highest BCUT2D eigenvalue weighted by Crippen LogP contribution is 2.34. The van der Waals surface area contributed by atoms with Crippen molar-refractivity contribution in [3.05, 3.63) is 23.8 Å². The number of ether oxygens (including phenoxy) is 3. The molecule has 0 saturated carbocycles. The Morgan fingerprint density at radius 3 is 2.83 bits per heavy atom. The van der Waals surface area contributed by atoms with Crippen molar-refractivity contribution in [3.63, 3.8) is 0 Å². The molecule has 0 radical (unpaired) electrons. The van der Waals surface area contributed by atoms with E-state index in [1.54, 1.807) is 0 Å². The summed E-state index contributed by atoms with van der Waals surface area (Å²) in [6.45, 7) is 9.39. The number of carbonyl (C=O) groups excluding carboxylic acids is 1. The first-order chi connectivity index (χ1) is 10.8. The summed E-state index contributed by atoms with van der Waals surface area (Å²) in [6.07, 6.45) is 0.0327. The largest absolute Gasteiger partial charge is 0.454 e. The Hall–Kier alpha value is -1.95. The lowest BCUT2D eigenvalue weighted by Gasteiger charge is -2.41. The van der Waals surface area contributed by atoms with Crippen molar-refractivity contribution < 1.29 is 19.0 Å². The molecule has 2 unspecified atom stereocenters. The average Bonchev–Trinajstić information content (AvgIpc) is 2.92. The first kappa shape index (κ1) is 15.9. The zero-order valence-corrected chi connectivity index (χ0v) is 14.1. The number of nitrogens with zero attached hydrogens (tertiary/aromatic N) is 1. The number of amides is 2. The zero-order chi connectivity index (χ0) is 16.6. The van der Waals surface area contributed by atoms with Crippen LogP contribution in [0.3, 0.4) is 0 Å². The molecule has 0 aliphatic carbocycles. The topological polar surface area (TPSA) is 60.0 Å². The van der Waals surface area contributed by atoms with Gasteiger partial charge in [-0.1, -0.05) is 6.07 Å². The number of urea groups is 1. The summed E-state index contributed by atoms with van der Waals surface area (Å²) in [6, 6.07) is 5.56. The fourth-order valence-electron chi connectivity index (χ4n) is 3.15. The summed E-state index contributed by atoms with van der Waals surface area (Å²) >= 11 is 0. The van der Waals surface area contributed by atoms with Crippen LogP contribution in [-0.2, 0) is 4.74 Å². The molecule has 3 rings (SSSR count). The second-order valence-electron chi connectivity index (χ2n) is 6.85. The maximum absolute atomic E-state index is 12.6. The van der Waals surface area contributed by atoms with Crippen molar-refractivity contribution in [1.29, 1.82) is 0 Å². The molecule has 1 N–H and O–H groups in total. The molecular formula is C17H24N2O4. The van der Waals surface area contributed by atoms with Crippen molar-refractivity contribution >= 4 is 6.03 Å². The van der Waals surface area contributed by atoms with Gasteiger partial charge in [0.1, 0.15) is 0 Å². The van der Waals surface area contributed by atoms with Crippen molar-refractivity contribution in [2.75, 3.05) is 19.9 Å². The van der Waals surface area contributed by atoms with Gasteiger partial charge in [0.2, 0.25) is 6.79 Å². The van der Waals surface area contributed by atoms with Gasteiger partial charge in [-0.25, -0.2) is 4.79 Å². The molecule has 1 aromatic carbocycles. The average molecular weight is 320 g/mol. The molecule has 6 nitrogen and oxygen atoms in total. The summed E-state index contributed by atoms with van der Waals surface area (Å²) in [7, 11) is 0. The van der Waals surface area contributed by atoms with Crippen LogP contribution in [0.4, 0.5) is 4.79 Å². The van der Waals surface area contributed by atoms with Gasteiger partial charge in [-0.15, -0.1) is 0 Å². The fraction of sp³-hybridized carbons (Fsp3) is 0.588. The van der Waals surface area contributed by atoms with E-state index in [1.807, 2.05) is 50.8 Å². The molecule has 23 heavy (non-hydrogen) atoms. The van der Waals surface area contributed by atoms with Crippen LogP contribution in [0.5, 0.6) is 11.5 Å². The third-order valence-electron chi connectivity index (χ3n) is 4.09. The highest BCUT2D eigenvalue weighted by Gasteiger charge is 2.34. The van der Waals surface area contributed by atoms with Crippen LogP contribution in [-0.4, -0.2) is 42.5 Å². The Labute approximate surface area is 136 Å². The molecule has 0 bridgehead atoms. The molecule has 6 heteroatoms. The van der Waals surface area contributed by atoms with Crippen LogP contribution >= 0.6 is 0 Å². The SMILES string of the molecule is CC1CN(C(=O)NC(C)c2ccc3c(c2)OCO3)CC(C)(C)O1. The van der Waals surface area contributed by atoms with Gasteiger partial charge in [-0.05, 0) is 45.4 Å². The Bertz CT molecular complexity index is 602. The van der Waals surface area contributed by atoms with E-state index < -0.39 is 0 Å². The highest BCUT2D eigenvalue weighted by molar-refractivity contribution is 5.75. The van der Waals surface area contributed by atoms with Gasteiger partial charge in [-0.3, -0.25) is 0 Å². The number of morpholine rings is 1. The predicted octanol–water partition coefficient (Wildman–Crippen LogP) is 2.69. The number of fused-ring (bicyclic) bond motifs is 1. The Balaban J connectivity index is 1.65.